The molecule has 0 saturated carbocycles. The Morgan fingerprint density at radius 3 is 2.33 bits per heavy atom. The topological polar surface area (TPSA) is 52.0 Å². The first-order valence-corrected chi connectivity index (χ1v) is 4.89. The summed E-state index contributed by atoms with van der Waals surface area (Å²) in [7, 11) is 0. The quantitative estimate of drug-likeness (QED) is 0.704. The summed E-state index contributed by atoms with van der Waals surface area (Å²) in [5, 5.41) is 2.83. The van der Waals surface area contributed by atoms with E-state index in [0.717, 1.165) is 10.6 Å². The lowest BCUT2D eigenvalue weighted by Gasteiger charge is -2.26. The molecule has 0 bridgehead atoms. The molecule has 68 valence electrons. The average Bonchev–Trinajstić information content (AvgIpc) is 2.31. The van der Waals surface area contributed by atoms with E-state index in [2.05, 4.69) is 20.8 Å². The number of hydrogen-bond acceptors (Lipinski definition) is 3. The van der Waals surface area contributed by atoms with Gasteiger partial charge in [0.25, 0.3) is 0 Å². The van der Waals surface area contributed by atoms with Crippen LogP contribution < -0.4 is 11.5 Å². The third-order valence-electron chi connectivity index (χ3n) is 2.00. The number of rotatable bonds is 1. The smallest absolute Gasteiger partial charge is 0.0904 e. The summed E-state index contributed by atoms with van der Waals surface area (Å²) in [5.74, 6) is 0. The number of nitrogens with two attached hydrogens (primary N) is 2. The minimum atomic E-state index is 0.0312. The van der Waals surface area contributed by atoms with Crippen LogP contribution in [0.5, 0.6) is 0 Å². The highest BCUT2D eigenvalue weighted by molar-refractivity contribution is 7.14. The molecule has 0 aliphatic carbocycles. The van der Waals surface area contributed by atoms with Crippen molar-refractivity contribution in [1.29, 1.82) is 0 Å². The van der Waals surface area contributed by atoms with Gasteiger partial charge in [-0.25, -0.2) is 0 Å². The Morgan fingerprint density at radius 1 is 1.42 bits per heavy atom. The van der Waals surface area contributed by atoms with Gasteiger partial charge in [-0.05, 0) is 16.9 Å². The fourth-order valence-electron chi connectivity index (χ4n) is 1.05. The van der Waals surface area contributed by atoms with E-state index in [4.69, 9.17) is 11.5 Å². The molecule has 1 aromatic heterocycles. The minimum absolute atomic E-state index is 0.0312. The van der Waals surface area contributed by atoms with Crippen LogP contribution in [0.15, 0.2) is 11.4 Å². The van der Waals surface area contributed by atoms with Crippen molar-refractivity contribution in [3.63, 3.8) is 0 Å². The highest BCUT2D eigenvalue weighted by Gasteiger charge is 2.24. The maximum atomic E-state index is 6.04. The molecular weight excluding hydrogens is 168 g/mol. The predicted octanol–water partition coefficient (Wildman–Crippen LogP) is 2.38. The zero-order valence-electron chi connectivity index (χ0n) is 7.79. The molecule has 1 aromatic rings. The molecule has 1 atom stereocenters. The highest BCUT2D eigenvalue weighted by atomic mass is 32.1. The first-order valence-electron chi connectivity index (χ1n) is 4.01. The van der Waals surface area contributed by atoms with Crippen molar-refractivity contribution < 1.29 is 0 Å². The molecule has 1 heterocycles. The molecule has 0 amide bonds. The van der Waals surface area contributed by atoms with E-state index in [1.54, 1.807) is 11.3 Å². The van der Waals surface area contributed by atoms with Gasteiger partial charge in [0.1, 0.15) is 0 Å². The molecule has 1 rings (SSSR count). The van der Waals surface area contributed by atoms with Crippen LogP contribution in [-0.4, -0.2) is 0 Å². The van der Waals surface area contributed by atoms with Gasteiger partial charge in [0.05, 0.1) is 5.00 Å². The summed E-state index contributed by atoms with van der Waals surface area (Å²) in [6.07, 6.45) is 0. The second-order valence-corrected chi connectivity index (χ2v) is 5.03. The fourth-order valence-corrected chi connectivity index (χ4v) is 1.75. The minimum Gasteiger partial charge on any atom is -0.390 e. The SMILES string of the molecule is CC(C)(C)C(N)c1ccsc1N. The largest absolute Gasteiger partial charge is 0.390 e. The lowest BCUT2D eigenvalue weighted by molar-refractivity contribution is 0.328. The van der Waals surface area contributed by atoms with Crippen LogP contribution in [0.3, 0.4) is 0 Å². The van der Waals surface area contributed by atoms with Gasteiger partial charge >= 0.3 is 0 Å². The van der Waals surface area contributed by atoms with Crippen molar-refractivity contribution in [3.05, 3.63) is 17.0 Å². The van der Waals surface area contributed by atoms with Crippen molar-refractivity contribution in [3.8, 4) is 0 Å². The summed E-state index contributed by atoms with van der Waals surface area (Å²) in [5.41, 5.74) is 13.0. The maximum Gasteiger partial charge on any atom is 0.0904 e. The Bertz CT molecular complexity index is 260. The first-order chi connectivity index (χ1) is 5.43. The van der Waals surface area contributed by atoms with E-state index in [0.29, 0.717) is 0 Å². The Hall–Kier alpha value is -0.540. The molecule has 0 fully saturated rings. The van der Waals surface area contributed by atoms with Crippen molar-refractivity contribution in [1.82, 2.24) is 0 Å². The Labute approximate surface area is 77.6 Å². The third kappa shape index (κ3) is 1.79. The highest BCUT2D eigenvalue weighted by Crippen LogP contribution is 2.35. The van der Waals surface area contributed by atoms with Crippen molar-refractivity contribution in [2.75, 3.05) is 5.73 Å². The second kappa shape index (κ2) is 3.07. The Kier molecular flexibility index (Phi) is 2.44. The number of anilines is 1. The predicted molar refractivity (Wildman–Crippen MR) is 55.1 cm³/mol. The van der Waals surface area contributed by atoms with E-state index in [-0.39, 0.29) is 11.5 Å². The second-order valence-electron chi connectivity index (χ2n) is 4.08. The van der Waals surface area contributed by atoms with E-state index in [1.807, 2.05) is 11.4 Å². The van der Waals surface area contributed by atoms with Gasteiger partial charge < -0.3 is 11.5 Å². The van der Waals surface area contributed by atoms with Crippen molar-refractivity contribution in [2.24, 2.45) is 11.1 Å². The summed E-state index contributed by atoms with van der Waals surface area (Å²) in [6.45, 7) is 6.36. The number of nitrogen functional groups attached to an aromatic ring is 1. The molecule has 0 aliphatic rings. The van der Waals surface area contributed by atoms with E-state index in [1.165, 1.54) is 0 Å². The average molecular weight is 184 g/mol. The van der Waals surface area contributed by atoms with Crippen LogP contribution in [-0.2, 0) is 0 Å². The van der Waals surface area contributed by atoms with Crippen molar-refractivity contribution >= 4 is 16.3 Å². The Morgan fingerprint density at radius 2 is 2.00 bits per heavy atom. The Balaban J connectivity index is 2.92. The van der Waals surface area contributed by atoms with E-state index in [9.17, 15) is 0 Å². The standard InChI is InChI=1S/C9H16N2S/c1-9(2,3)7(10)6-4-5-12-8(6)11/h4-5,7H,10-11H2,1-3H3. The lowest BCUT2D eigenvalue weighted by atomic mass is 9.84. The van der Waals surface area contributed by atoms with Gasteiger partial charge in [-0.1, -0.05) is 20.8 Å². The van der Waals surface area contributed by atoms with Gasteiger partial charge in [-0.3, -0.25) is 0 Å². The molecule has 12 heavy (non-hydrogen) atoms. The van der Waals surface area contributed by atoms with E-state index >= 15 is 0 Å². The van der Waals surface area contributed by atoms with Gasteiger partial charge in [0.15, 0.2) is 0 Å². The van der Waals surface area contributed by atoms with Crippen molar-refractivity contribution in [2.45, 2.75) is 26.8 Å². The molecular formula is C9H16N2S. The molecule has 0 spiro atoms. The van der Waals surface area contributed by atoms with Crippen LogP contribution in [0.2, 0.25) is 0 Å². The van der Waals surface area contributed by atoms with E-state index < -0.39 is 0 Å². The van der Waals surface area contributed by atoms with Gasteiger partial charge in [0, 0.05) is 11.6 Å². The van der Waals surface area contributed by atoms with Crippen LogP contribution in [0.25, 0.3) is 0 Å². The molecule has 0 radical (unpaired) electrons. The number of hydrogen-bond donors (Lipinski definition) is 2. The molecule has 0 aromatic carbocycles. The summed E-state index contributed by atoms with van der Waals surface area (Å²) in [4.78, 5) is 0. The van der Waals surface area contributed by atoms with Crippen LogP contribution >= 0.6 is 11.3 Å². The lowest BCUT2D eigenvalue weighted by Crippen LogP contribution is -2.26. The van der Waals surface area contributed by atoms with Gasteiger partial charge in [-0.15, -0.1) is 11.3 Å². The third-order valence-corrected chi connectivity index (χ3v) is 2.76. The molecule has 2 nitrogen and oxygen atoms in total. The zero-order valence-corrected chi connectivity index (χ0v) is 8.61. The van der Waals surface area contributed by atoms with Crippen LogP contribution in [0.1, 0.15) is 32.4 Å². The maximum absolute atomic E-state index is 6.04. The zero-order chi connectivity index (χ0) is 9.35. The normalized spacial score (nSPS) is 14.7. The molecule has 3 heteroatoms. The molecule has 4 N–H and O–H groups in total. The van der Waals surface area contributed by atoms with Crippen LogP contribution in [0.4, 0.5) is 5.00 Å². The monoisotopic (exact) mass is 184 g/mol. The summed E-state index contributed by atoms with van der Waals surface area (Å²) >= 11 is 1.55. The molecule has 1 unspecified atom stereocenters. The fraction of sp³-hybridized carbons (Fsp3) is 0.556. The molecule has 0 saturated heterocycles. The molecule has 0 aliphatic heterocycles. The summed E-state index contributed by atoms with van der Waals surface area (Å²) in [6, 6.07) is 2.04. The first kappa shape index (κ1) is 9.55. The van der Waals surface area contributed by atoms with Crippen LogP contribution in [0, 0.1) is 5.41 Å². The van der Waals surface area contributed by atoms with Gasteiger partial charge in [-0.2, -0.15) is 0 Å². The summed E-state index contributed by atoms with van der Waals surface area (Å²) < 4.78 is 0. The van der Waals surface area contributed by atoms with Gasteiger partial charge in [0.2, 0.25) is 0 Å². The number of thiophene rings is 1.